The van der Waals surface area contributed by atoms with E-state index in [1.54, 1.807) is 0 Å². The lowest BCUT2D eigenvalue weighted by Gasteiger charge is -2.43. The third-order valence-corrected chi connectivity index (χ3v) is 5.49. The van der Waals surface area contributed by atoms with E-state index in [2.05, 4.69) is 0 Å². The molecule has 0 N–H and O–H groups in total. The molecular formula is C19H17F3N2O3. The molecule has 2 heterocycles. The summed E-state index contributed by atoms with van der Waals surface area (Å²) in [6.45, 7) is 0.304. The number of likely N-dealkylation sites (tertiary alicyclic amines) is 2. The molecule has 27 heavy (non-hydrogen) atoms. The van der Waals surface area contributed by atoms with Gasteiger partial charge in [-0.15, -0.1) is 0 Å². The summed E-state index contributed by atoms with van der Waals surface area (Å²) >= 11 is 0. The predicted octanol–water partition coefficient (Wildman–Crippen LogP) is 2.48. The number of allylic oxidation sites excluding steroid dienone is 2. The number of fused-ring (bicyclic) bond motifs is 1. The van der Waals surface area contributed by atoms with Crippen molar-refractivity contribution in [2.75, 3.05) is 13.1 Å². The number of carbonyl (C=O) groups is 3. The molecule has 2 atom stereocenters. The van der Waals surface area contributed by atoms with Crippen LogP contribution in [0.25, 0.3) is 0 Å². The summed E-state index contributed by atoms with van der Waals surface area (Å²) in [4.78, 5) is 40.1. The molecule has 0 bridgehead atoms. The molecule has 1 aliphatic carbocycles. The SMILES string of the molecule is O=C(c1cccc(C(F)(F)F)c1)N1CC(N2C(=O)C3CC=CCC3C2=O)C1. The van der Waals surface area contributed by atoms with E-state index in [0.29, 0.717) is 12.8 Å². The van der Waals surface area contributed by atoms with Crippen molar-refractivity contribution in [3.63, 3.8) is 0 Å². The molecule has 0 aromatic heterocycles. The molecular weight excluding hydrogens is 361 g/mol. The molecule has 3 amide bonds. The quantitative estimate of drug-likeness (QED) is 0.587. The highest BCUT2D eigenvalue weighted by molar-refractivity contribution is 6.06. The number of rotatable bonds is 2. The van der Waals surface area contributed by atoms with Gasteiger partial charge < -0.3 is 4.90 Å². The van der Waals surface area contributed by atoms with Crippen LogP contribution in [0, 0.1) is 11.8 Å². The van der Waals surface area contributed by atoms with E-state index in [1.165, 1.54) is 21.9 Å². The van der Waals surface area contributed by atoms with Crippen LogP contribution in [0.1, 0.15) is 28.8 Å². The van der Waals surface area contributed by atoms with Crippen molar-refractivity contribution < 1.29 is 27.6 Å². The zero-order valence-electron chi connectivity index (χ0n) is 14.3. The minimum Gasteiger partial charge on any atom is -0.334 e. The van der Waals surface area contributed by atoms with Gasteiger partial charge in [-0.1, -0.05) is 18.2 Å². The summed E-state index contributed by atoms with van der Waals surface area (Å²) in [5.74, 6) is -1.59. The Balaban J connectivity index is 1.43. The van der Waals surface area contributed by atoms with Crippen LogP contribution in [0.5, 0.6) is 0 Å². The summed E-state index contributed by atoms with van der Waals surface area (Å²) in [7, 11) is 0. The number of hydrogen-bond acceptors (Lipinski definition) is 3. The van der Waals surface area contributed by atoms with Gasteiger partial charge in [0.15, 0.2) is 0 Å². The van der Waals surface area contributed by atoms with Crippen LogP contribution in [0.2, 0.25) is 0 Å². The van der Waals surface area contributed by atoms with E-state index in [0.717, 1.165) is 12.1 Å². The Morgan fingerprint density at radius 2 is 1.59 bits per heavy atom. The molecule has 1 aromatic rings. The molecule has 2 unspecified atom stereocenters. The maximum atomic E-state index is 12.8. The van der Waals surface area contributed by atoms with Crippen LogP contribution in [0.3, 0.4) is 0 Å². The van der Waals surface area contributed by atoms with Gasteiger partial charge in [0, 0.05) is 18.7 Å². The van der Waals surface area contributed by atoms with Gasteiger partial charge in [0.1, 0.15) is 0 Å². The lowest BCUT2D eigenvalue weighted by Crippen LogP contribution is -2.62. The first-order chi connectivity index (χ1) is 12.8. The van der Waals surface area contributed by atoms with Crippen molar-refractivity contribution in [1.82, 2.24) is 9.80 Å². The fourth-order valence-corrected chi connectivity index (χ4v) is 3.98. The highest BCUT2D eigenvalue weighted by Crippen LogP contribution is 2.37. The minimum atomic E-state index is -4.52. The molecule has 8 heteroatoms. The third kappa shape index (κ3) is 2.93. The maximum absolute atomic E-state index is 12.8. The minimum absolute atomic E-state index is 0.0554. The maximum Gasteiger partial charge on any atom is 0.416 e. The molecule has 2 fully saturated rings. The van der Waals surface area contributed by atoms with Gasteiger partial charge in [0.05, 0.1) is 23.4 Å². The number of halogens is 3. The smallest absolute Gasteiger partial charge is 0.334 e. The van der Waals surface area contributed by atoms with Crippen LogP contribution >= 0.6 is 0 Å². The Morgan fingerprint density at radius 1 is 1.00 bits per heavy atom. The molecule has 0 radical (unpaired) electrons. The van der Waals surface area contributed by atoms with Crippen molar-refractivity contribution in [3.05, 3.63) is 47.5 Å². The first kappa shape index (κ1) is 17.8. The lowest BCUT2D eigenvalue weighted by molar-refractivity contribution is -0.146. The first-order valence-corrected chi connectivity index (χ1v) is 8.76. The van der Waals surface area contributed by atoms with E-state index in [-0.39, 0.29) is 42.3 Å². The molecule has 3 aliphatic rings. The highest BCUT2D eigenvalue weighted by atomic mass is 19.4. The van der Waals surface area contributed by atoms with Crippen LogP contribution in [-0.4, -0.2) is 46.7 Å². The molecule has 0 saturated carbocycles. The Morgan fingerprint density at radius 3 is 2.15 bits per heavy atom. The fourth-order valence-electron chi connectivity index (χ4n) is 3.98. The van der Waals surface area contributed by atoms with Crippen LogP contribution < -0.4 is 0 Å². The van der Waals surface area contributed by atoms with Crippen molar-refractivity contribution in [2.45, 2.75) is 25.1 Å². The summed E-state index contributed by atoms with van der Waals surface area (Å²) in [5.41, 5.74) is -0.938. The Labute approximate surface area is 153 Å². The molecule has 2 aliphatic heterocycles. The van der Waals surface area contributed by atoms with Crippen LogP contribution in [0.4, 0.5) is 13.2 Å². The van der Waals surface area contributed by atoms with E-state index in [9.17, 15) is 27.6 Å². The number of carbonyl (C=O) groups excluding carboxylic acids is 3. The van der Waals surface area contributed by atoms with Gasteiger partial charge in [-0.3, -0.25) is 19.3 Å². The van der Waals surface area contributed by atoms with Crippen LogP contribution in [0.15, 0.2) is 36.4 Å². The molecule has 5 nitrogen and oxygen atoms in total. The zero-order valence-corrected chi connectivity index (χ0v) is 14.3. The van der Waals surface area contributed by atoms with Crippen molar-refractivity contribution in [3.8, 4) is 0 Å². The van der Waals surface area contributed by atoms with Gasteiger partial charge >= 0.3 is 6.18 Å². The zero-order chi connectivity index (χ0) is 19.3. The van der Waals surface area contributed by atoms with Crippen molar-refractivity contribution >= 4 is 17.7 Å². The van der Waals surface area contributed by atoms with E-state index >= 15 is 0 Å². The lowest BCUT2D eigenvalue weighted by atomic mass is 9.85. The van der Waals surface area contributed by atoms with Gasteiger partial charge in [-0.2, -0.15) is 13.2 Å². The summed E-state index contributed by atoms with van der Waals surface area (Å²) in [6, 6.07) is 3.86. The van der Waals surface area contributed by atoms with Gasteiger partial charge in [0.2, 0.25) is 11.8 Å². The molecule has 2 saturated heterocycles. The topological polar surface area (TPSA) is 57.7 Å². The second-order valence-corrected chi connectivity index (χ2v) is 7.14. The van der Waals surface area contributed by atoms with Crippen LogP contribution in [-0.2, 0) is 15.8 Å². The molecule has 0 spiro atoms. The summed E-state index contributed by atoms with van der Waals surface area (Å²) < 4.78 is 38.4. The normalized spacial score (nSPS) is 25.6. The molecule has 4 rings (SSSR count). The van der Waals surface area contributed by atoms with E-state index in [4.69, 9.17) is 0 Å². The largest absolute Gasteiger partial charge is 0.416 e. The fraction of sp³-hybridized carbons (Fsp3) is 0.421. The Bertz CT molecular complexity index is 817. The number of amides is 3. The Kier molecular flexibility index (Phi) is 4.09. The first-order valence-electron chi connectivity index (χ1n) is 8.76. The molecule has 1 aromatic carbocycles. The second-order valence-electron chi connectivity index (χ2n) is 7.14. The van der Waals surface area contributed by atoms with Crippen molar-refractivity contribution in [1.29, 1.82) is 0 Å². The summed E-state index contributed by atoms with van der Waals surface area (Å²) in [6.07, 6.45) is 0.378. The number of nitrogens with zero attached hydrogens (tertiary/aromatic N) is 2. The number of imide groups is 1. The van der Waals surface area contributed by atoms with Gasteiger partial charge in [-0.25, -0.2) is 0 Å². The number of hydrogen-bond donors (Lipinski definition) is 0. The van der Waals surface area contributed by atoms with Gasteiger partial charge in [0.25, 0.3) is 5.91 Å². The Hall–Kier alpha value is -2.64. The van der Waals surface area contributed by atoms with Crippen molar-refractivity contribution in [2.24, 2.45) is 11.8 Å². The summed E-state index contributed by atoms with van der Waals surface area (Å²) in [5, 5.41) is 0. The van der Waals surface area contributed by atoms with E-state index in [1.807, 2.05) is 12.2 Å². The van der Waals surface area contributed by atoms with E-state index < -0.39 is 23.7 Å². The predicted molar refractivity (Wildman–Crippen MR) is 88.3 cm³/mol. The molecule has 142 valence electrons. The average molecular weight is 378 g/mol. The second kappa shape index (κ2) is 6.21. The number of alkyl halides is 3. The third-order valence-electron chi connectivity index (χ3n) is 5.49. The standard InChI is InChI=1S/C19H17F3N2O3/c20-19(21,22)12-5-3-4-11(8-12)16(25)23-9-13(10-23)24-17(26)14-6-1-2-7-15(14)18(24)27/h1-5,8,13-15H,6-7,9-10H2. The highest BCUT2D eigenvalue weighted by Gasteiger charge is 2.52. The van der Waals surface area contributed by atoms with Gasteiger partial charge in [-0.05, 0) is 31.0 Å². The monoisotopic (exact) mass is 378 g/mol. The number of benzene rings is 1. The average Bonchev–Trinajstić information content (AvgIpc) is 2.85.